The topological polar surface area (TPSA) is 20.3 Å². The van der Waals surface area contributed by atoms with Gasteiger partial charge in [0.15, 0.2) is 0 Å². The van der Waals surface area contributed by atoms with Crippen molar-refractivity contribution >= 4 is 22.9 Å². The van der Waals surface area contributed by atoms with E-state index in [1.165, 1.54) is 37.0 Å². The molecule has 1 aliphatic heterocycles. The Bertz CT molecular complexity index is 429. The molecule has 0 bridgehead atoms. The van der Waals surface area contributed by atoms with Crippen LogP contribution in [-0.4, -0.2) is 14.5 Å². The standard InChI is InChI=1S/C13H17NOS2/c15-17-13-9-5-4-8-12(13)16-14(17)10-11-6-2-1-3-7-11/h4-5,8-9,11H,1-3,6-7,10H2/t17-/m1/s1. The lowest BCUT2D eigenvalue weighted by Crippen LogP contribution is -2.24. The molecule has 2 nitrogen and oxygen atoms in total. The van der Waals surface area contributed by atoms with Gasteiger partial charge in [0.2, 0.25) is 0 Å². The molecule has 0 aromatic heterocycles. The fourth-order valence-corrected chi connectivity index (χ4v) is 5.49. The van der Waals surface area contributed by atoms with Crippen LogP contribution in [0.15, 0.2) is 34.1 Å². The van der Waals surface area contributed by atoms with Crippen molar-refractivity contribution in [3.63, 3.8) is 0 Å². The third-order valence-electron chi connectivity index (χ3n) is 3.55. The van der Waals surface area contributed by atoms with Gasteiger partial charge in [-0.2, -0.15) is 3.71 Å². The fourth-order valence-electron chi connectivity index (χ4n) is 2.61. The zero-order chi connectivity index (χ0) is 11.7. The van der Waals surface area contributed by atoms with E-state index in [9.17, 15) is 4.21 Å². The molecule has 0 amide bonds. The van der Waals surface area contributed by atoms with E-state index in [4.69, 9.17) is 0 Å². The molecule has 0 spiro atoms. The highest BCUT2D eigenvalue weighted by molar-refractivity contribution is 8.08. The first-order valence-electron chi connectivity index (χ1n) is 6.31. The van der Waals surface area contributed by atoms with Gasteiger partial charge in [0.05, 0.1) is 4.90 Å². The van der Waals surface area contributed by atoms with Crippen molar-refractivity contribution in [2.24, 2.45) is 5.92 Å². The largest absolute Gasteiger partial charge is 0.236 e. The number of fused-ring (bicyclic) bond motifs is 1. The van der Waals surface area contributed by atoms with Crippen molar-refractivity contribution in [2.45, 2.75) is 41.9 Å². The number of hydrogen-bond acceptors (Lipinski definition) is 2. The molecule has 0 saturated heterocycles. The van der Waals surface area contributed by atoms with Gasteiger partial charge in [-0.05, 0) is 42.8 Å². The summed E-state index contributed by atoms with van der Waals surface area (Å²) in [5.74, 6) is 0.745. The molecule has 2 aliphatic rings. The van der Waals surface area contributed by atoms with Crippen molar-refractivity contribution in [2.75, 3.05) is 6.54 Å². The molecule has 1 atom stereocenters. The van der Waals surface area contributed by atoms with Crippen LogP contribution in [0.3, 0.4) is 0 Å². The molecule has 1 saturated carbocycles. The Morgan fingerprint density at radius 1 is 1.24 bits per heavy atom. The Labute approximate surface area is 110 Å². The monoisotopic (exact) mass is 267 g/mol. The Kier molecular flexibility index (Phi) is 3.54. The van der Waals surface area contributed by atoms with Crippen LogP contribution in [0.4, 0.5) is 0 Å². The summed E-state index contributed by atoms with van der Waals surface area (Å²) in [6.07, 6.45) is 6.70. The summed E-state index contributed by atoms with van der Waals surface area (Å²) in [6.45, 7) is 0.978. The van der Waals surface area contributed by atoms with Crippen molar-refractivity contribution in [3.8, 4) is 0 Å². The van der Waals surface area contributed by atoms with Crippen LogP contribution in [0.2, 0.25) is 0 Å². The number of nitrogens with zero attached hydrogens (tertiary/aromatic N) is 1. The van der Waals surface area contributed by atoms with Crippen molar-refractivity contribution < 1.29 is 4.21 Å². The lowest BCUT2D eigenvalue weighted by atomic mass is 9.89. The molecule has 0 unspecified atom stereocenters. The van der Waals surface area contributed by atoms with Crippen molar-refractivity contribution in [1.82, 2.24) is 3.71 Å². The Morgan fingerprint density at radius 2 is 2.00 bits per heavy atom. The number of rotatable bonds is 2. The van der Waals surface area contributed by atoms with Gasteiger partial charge in [-0.15, -0.1) is 0 Å². The van der Waals surface area contributed by atoms with E-state index in [0.29, 0.717) is 0 Å². The van der Waals surface area contributed by atoms with Crippen LogP contribution in [0.5, 0.6) is 0 Å². The summed E-state index contributed by atoms with van der Waals surface area (Å²) >= 11 is 1.67. The third kappa shape index (κ3) is 2.44. The van der Waals surface area contributed by atoms with Crippen molar-refractivity contribution in [3.05, 3.63) is 24.3 Å². The first kappa shape index (κ1) is 11.8. The van der Waals surface area contributed by atoms with Gasteiger partial charge < -0.3 is 0 Å². The van der Waals surface area contributed by atoms with Gasteiger partial charge in [0, 0.05) is 11.4 Å². The maximum atomic E-state index is 12.3. The van der Waals surface area contributed by atoms with Gasteiger partial charge in [-0.1, -0.05) is 31.4 Å². The molecular weight excluding hydrogens is 250 g/mol. The maximum absolute atomic E-state index is 12.3. The van der Waals surface area contributed by atoms with Crippen molar-refractivity contribution in [1.29, 1.82) is 0 Å². The minimum atomic E-state index is -0.941. The minimum Gasteiger partial charge on any atom is -0.236 e. The number of hydrogen-bond donors (Lipinski definition) is 0. The van der Waals surface area contributed by atoms with Crippen LogP contribution in [0.1, 0.15) is 32.1 Å². The van der Waals surface area contributed by atoms with Crippen LogP contribution in [-0.2, 0) is 11.0 Å². The fraction of sp³-hybridized carbons (Fsp3) is 0.538. The molecular formula is C13H17NOS2. The predicted octanol–water partition coefficient (Wildman–Crippen LogP) is 3.61. The average Bonchev–Trinajstić information content (AvgIpc) is 2.68. The Hall–Kier alpha value is -0.320. The lowest BCUT2D eigenvalue weighted by Gasteiger charge is -2.24. The molecule has 0 N–H and O–H groups in total. The van der Waals surface area contributed by atoms with Crippen LogP contribution >= 0.6 is 11.9 Å². The van der Waals surface area contributed by atoms with Gasteiger partial charge in [0.25, 0.3) is 0 Å². The predicted molar refractivity (Wildman–Crippen MR) is 72.0 cm³/mol. The van der Waals surface area contributed by atoms with E-state index < -0.39 is 11.0 Å². The number of benzene rings is 1. The molecule has 1 aromatic rings. The third-order valence-corrected chi connectivity index (χ3v) is 6.47. The van der Waals surface area contributed by atoms with Crippen LogP contribution in [0, 0.1) is 5.92 Å². The van der Waals surface area contributed by atoms with Gasteiger partial charge >= 0.3 is 0 Å². The molecule has 1 aliphatic carbocycles. The lowest BCUT2D eigenvalue weighted by molar-refractivity contribution is 0.335. The normalized spacial score (nSPS) is 26.0. The van der Waals surface area contributed by atoms with E-state index in [1.807, 2.05) is 18.2 Å². The summed E-state index contributed by atoms with van der Waals surface area (Å²) in [5, 5.41) is 0. The molecule has 3 rings (SSSR count). The molecule has 0 radical (unpaired) electrons. The molecule has 1 fully saturated rings. The van der Waals surface area contributed by atoms with Gasteiger partial charge in [-0.25, -0.2) is 4.21 Å². The zero-order valence-corrected chi connectivity index (χ0v) is 11.4. The summed E-state index contributed by atoms with van der Waals surface area (Å²) in [7, 11) is -0.941. The molecule has 1 heterocycles. The van der Waals surface area contributed by atoms with E-state index in [1.54, 1.807) is 11.9 Å². The second kappa shape index (κ2) is 5.12. The highest BCUT2D eigenvalue weighted by Gasteiger charge is 2.30. The van der Waals surface area contributed by atoms with E-state index in [0.717, 1.165) is 17.4 Å². The summed E-state index contributed by atoms with van der Waals surface area (Å²) in [5.41, 5.74) is 0. The van der Waals surface area contributed by atoms with Crippen LogP contribution < -0.4 is 0 Å². The van der Waals surface area contributed by atoms with E-state index >= 15 is 0 Å². The first-order chi connectivity index (χ1) is 8.34. The van der Waals surface area contributed by atoms with Gasteiger partial charge in [0.1, 0.15) is 11.0 Å². The van der Waals surface area contributed by atoms with Gasteiger partial charge in [-0.3, -0.25) is 0 Å². The second-order valence-electron chi connectivity index (χ2n) is 4.81. The molecule has 17 heavy (non-hydrogen) atoms. The summed E-state index contributed by atoms with van der Waals surface area (Å²) in [6, 6.07) is 8.05. The molecule has 4 heteroatoms. The Balaban J connectivity index is 1.69. The summed E-state index contributed by atoms with van der Waals surface area (Å²) in [4.78, 5) is 2.16. The highest BCUT2D eigenvalue weighted by Crippen LogP contribution is 2.40. The molecule has 1 aromatic carbocycles. The smallest absolute Gasteiger partial charge is 0.139 e. The van der Waals surface area contributed by atoms with E-state index in [-0.39, 0.29) is 0 Å². The first-order valence-corrected chi connectivity index (χ1v) is 8.19. The average molecular weight is 267 g/mol. The van der Waals surface area contributed by atoms with E-state index in [2.05, 4.69) is 9.78 Å². The SMILES string of the molecule is O=[S@@]1c2ccccc2SN1CC1CCCCC1. The maximum Gasteiger partial charge on any atom is 0.139 e. The second-order valence-corrected chi connectivity index (χ2v) is 7.48. The molecule has 92 valence electrons. The Morgan fingerprint density at radius 3 is 2.76 bits per heavy atom. The minimum absolute atomic E-state index is 0.745. The van der Waals surface area contributed by atoms with Crippen LogP contribution in [0.25, 0.3) is 0 Å². The quantitative estimate of drug-likeness (QED) is 0.763. The summed E-state index contributed by atoms with van der Waals surface area (Å²) < 4.78 is 14.4. The zero-order valence-electron chi connectivity index (χ0n) is 9.80. The highest BCUT2D eigenvalue weighted by atomic mass is 32.2.